The van der Waals surface area contributed by atoms with E-state index in [1.165, 1.54) is 0 Å². The van der Waals surface area contributed by atoms with Crippen LogP contribution in [0.4, 0.5) is 0 Å². The smallest absolute Gasteiger partial charge is 0.311 e. The third-order valence-electron chi connectivity index (χ3n) is 4.10. The quantitative estimate of drug-likeness (QED) is 0.823. The number of hydrogen-bond donors (Lipinski definition) is 2. The Kier molecular flexibility index (Phi) is 5.31. The molecule has 1 aromatic heterocycles. The highest BCUT2D eigenvalue weighted by Crippen LogP contribution is 2.40. The van der Waals surface area contributed by atoms with Crippen LogP contribution in [0.3, 0.4) is 0 Å². The summed E-state index contributed by atoms with van der Waals surface area (Å²) in [7, 11) is 0. The fourth-order valence-corrected chi connectivity index (χ4v) is 2.72. The number of carboxylic acid groups (broad SMARTS) is 1. The lowest BCUT2D eigenvalue weighted by atomic mass is 9.78. The number of aliphatic carboxylic acids is 1. The van der Waals surface area contributed by atoms with Crippen LogP contribution in [0.1, 0.15) is 69.7 Å². The maximum atomic E-state index is 10.7. The molecule has 0 bridgehead atoms. The van der Waals surface area contributed by atoms with Gasteiger partial charge in [0, 0.05) is 17.2 Å². The van der Waals surface area contributed by atoms with Gasteiger partial charge in [0.2, 0.25) is 0 Å². The monoisotopic (exact) mass is 357 g/mol. The Bertz CT molecular complexity index is 797. The SMILES string of the molecule is CC(C)(C)c1cc(C=Cc2cc(CC(=O)O)on2)cc(C(C)(C)C)c1O. The van der Waals surface area contributed by atoms with Crippen molar-refractivity contribution in [3.8, 4) is 5.75 Å². The molecule has 0 amide bonds. The zero-order valence-electron chi connectivity index (χ0n) is 16.3. The summed E-state index contributed by atoms with van der Waals surface area (Å²) < 4.78 is 5.02. The van der Waals surface area contributed by atoms with E-state index in [1.54, 1.807) is 12.1 Å². The number of carbonyl (C=O) groups is 1. The van der Waals surface area contributed by atoms with Gasteiger partial charge >= 0.3 is 5.97 Å². The molecule has 0 aliphatic heterocycles. The fraction of sp³-hybridized carbons (Fsp3) is 0.429. The number of rotatable bonds is 4. The van der Waals surface area contributed by atoms with Gasteiger partial charge in [-0.1, -0.05) is 52.8 Å². The predicted molar refractivity (Wildman–Crippen MR) is 102 cm³/mol. The first-order valence-corrected chi connectivity index (χ1v) is 8.61. The number of hydrogen-bond acceptors (Lipinski definition) is 4. The second-order valence-electron chi connectivity index (χ2n) is 8.59. The van der Waals surface area contributed by atoms with Gasteiger partial charge in [0.15, 0.2) is 0 Å². The van der Waals surface area contributed by atoms with Crippen molar-refractivity contribution in [2.75, 3.05) is 0 Å². The largest absolute Gasteiger partial charge is 0.507 e. The van der Waals surface area contributed by atoms with Crippen molar-refractivity contribution in [2.45, 2.75) is 58.8 Å². The molecule has 0 fully saturated rings. The molecule has 5 heteroatoms. The minimum absolute atomic E-state index is 0.192. The van der Waals surface area contributed by atoms with E-state index in [2.05, 4.69) is 46.7 Å². The van der Waals surface area contributed by atoms with Crippen LogP contribution in [0.5, 0.6) is 5.75 Å². The highest BCUT2D eigenvalue weighted by Gasteiger charge is 2.26. The van der Waals surface area contributed by atoms with Gasteiger partial charge in [0.25, 0.3) is 0 Å². The van der Waals surface area contributed by atoms with Crippen LogP contribution >= 0.6 is 0 Å². The summed E-state index contributed by atoms with van der Waals surface area (Å²) in [6.07, 6.45) is 3.48. The molecule has 0 saturated heterocycles. The molecule has 26 heavy (non-hydrogen) atoms. The summed E-state index contributed by atoms with van der Waals surface area (Å²) in [5.74, 6) is -0.305. The zero-order chi connectivity index (χ0) is 19.7. The lowest BCUT2D eigenvalue weighted by Crippen LogP contribution is -2.17. The number of benzene rings is 1. The van der Waals surface area contributed by atoms with Crippen molar-refractivity contribution >= 4 is 18.1 Å². The number of aromatic hydroxyl groups is 1. The molecule has 140 valence electrons. The number of phenols is 1. The molecule has 0 radical (unpaired) electrons. The first-order valence-electron chi connectivity index (χ1n) is 8.61. The van der Waals surface area contributed by atoms with E-state index >= 15 is 0 Å². The average molecular weight is 357 g/mol. The Hall–Kier alpha value is -2.56. The van der Waals surface area contributed by atoms with E-state index in [-0.39, 0.29) is 17.3 Å². The Morgan fingerprint density at radius 3 is 2.04 bits per heavy atom. The molecule has 2 rings (SSSR count). The van der Waals surface area contributed by atoms with E-state index in [0.717, 1.165) is 16.7 Å². The first kappa shape index (κ1) is 19.8. The zero-order valence-corrected chi connectivity index (χ0v) is 16.3. The van der Waals surface area contributed by atoms with E-state index < -0.39 is 5.97 Å². The summed E-state index contributed by atoms with van der Waals surface area (Å²) in [6.45, 7) is 12.4. The van der Waals surface area contributed by atoms with Crippen molar-refractivity contribution in [3.63, 3.8) is 0 Å². The van der Waals surface area contributed by atoms with Crippen LogP contribution in [-0.2, 0) is 22.0 Å². The van der Waals surface area contributed by atoms with Crippen LogP contribution in [0.2, 0.25) is 0 Å². The molecule has 1 aromatic carbocycles. The van der Waals surface area contributed by atoms with Gasteiger partial charge in [-0.25, -0.2) is 0 Å². The minimum Gasteiger partial charge on any atom is -0.507 e. The second-order valence-corrected chi connectivity index (χ2v) is 8.59. The van der Waals surface area contributed by atoms with E-state index in [4.69, 9.17) is 9.63 Å². The maximum Gasteiger partial charge on any atom is 0.311 e. The van der Waals surface area contributed by atoms with E-state index in [1.807, 2.05) is 18.2 Å². The van der Waals surface area contributed by atoms with E-state index in [9.17, 15) is 9.90 Å². The number of carboxylic acids is 1. The lowest BCUT2D eigenvalue weighted by molar-refractivity contribution is -0.136. The van der Waals surface area contributed by atoms with Crippen LogP contribution in [0, 0.1) is 0 Å². The molecule has 0 aliphatic rings. The lowest BCUT2D eigenvalue weighted by Gasteiger charge is -2.27. The van der Waals surface area contributed by atoms with Crippen LogP contribution in [0.25, 0.3) is 12.2 Å². The summed E-state index contributed by atoms with van der Waals surface area (Å²) in [4.78, 5) is 10.7. The topological polar surface area (TPSA) is 83.6 Å². The van der Waals surface area contributed by atoms with Crippen LogP contribution in [0.15, 0.2) is 22.7 Å². The van der Waals surface area contributed by atoms with Crippen molar-refractivity contribution < 1.29 is 19.5 Å². The van der Waals surface area contributed by atoms with E-state index in [0.29, 0.717) is 17.2 Å². The predicted octanol–water partition coefficient (Wildman–Crippen LogP) is 4.77. The molecule has 0 unspecified atom stereocenters. The first-order chi connectivity index (χ1) is 11.9. The maximum absolute atomic E-state index is 10.7. The van der Waals surface area contributed by atoms with Crippen molar-refractivity contribution in [1.29, 1.82) is 0 Å². The van der Waals surface area contributed by atoms with Crippen LogP contribution in [-0.4, -0.2) is 21.3 Å². The van der Waals surface area contributed by atoms with Gasteiger partial charge < -0.3 is 14.7 Å². The fourth-order valence-electron chi connectivity index (χ4n) is 2.72. The third-order valence-corrected chi connectivity index (χ3v) is 4.10. The summed E-state index contributed by atoms with van der Waals surface area (Å²) in [5, 5.41) is 23.4. The van der Waals surface area contributed by atoms with Gasteiger partial charge in [-0.3, -0.25) is 4.79 Å². The molecule has 2 aromatic rings. The number of phenolic OH excluding ortho intramolecular Hbond substituents is 1. The second kappa shape index (κ2) is 6.98. The van der Waals surface area contributed by atoms with Crippen molar-refractivity contribution in [2.24, 2.45) is 0 Å². The molecule has 1 heterocycles. The Morgan fingerprint density at radius 1 is 1.04 bits per heavy atom. The molecule has 0 atom stereocenters. The normalized spacial score (nSPS) is 12.7. The summed E-state index contributed by atoms with van der Waals surface area (Å²) >= 11 is 0. The third kappa shape index (κ3) is 4.75. The summed E-state index contributed by atoms with van der Waals surface area (Å²) in [5.41, 5.74) is 2.88. The standard InChI is InChI=1S/C21H27NO4/c1-20(2,3)16-9-13(10-17(19(16)25)21(4,5)6)7-8-14-11-15(26-22-14)12-18(23)24/h7-11,25H,12H2,1-6H3,(H,23,24). The Labute approximate surface area is 154 Å². The molecule has 5 nitrogen and oxygen atoms in total. The van der Waals surface area contributed by atoms with Crippen LogP contribution < -0.4 is 0 Å². The Balaban J connectivity index is 2.43. The highest BCUT2D eigenvalue weighted by molar-refractivity contribution is 5.72. The van der Waals surface area contributed by atoms with Gasteiger partial charge in [-0.05, 0) is 34.6 Å². The molecule has 0 aliphatic carbocycles. The van der Waals surface area contributed by atoms with Crippen molar-refractivity contribution in [3.05, 3.63) is 46.3 Å². The average Bonchev–Trinajstić information content (AvgIpc) is 2.90. The molecule has 2 N–H and O–H groups in total. The number of aromatic nitrogens is 1. The van der Waals surface area contributed by atoms with Gasteiger partial charge in [-0.2, -0.15) is 0 Å². The Morgan fingerprint density at radius 2 is 1.58 bits per heavy atom. The van der Waals surface area contributed by atoms with Gasteiger partial charge in [0.1, 0.15) is 23.6 Å². The highest BCUT2D eigenvalue weighted by atomic mass is 16.5. The molecule has 0 saturated carbocycles. The van der Waals surface area contributed by atoms with Gasteiger partial charge in [-0.15, -0.1) is 0 Å². The van der Waals surface area contributed by atoms with Gasteiger partial charge in [0.05, 0.1) is 0 Å². The molecular weight excluding hydrogens is 330 g/mol. The number of nitrogens with zero attached hydrogens (tertiary/aromatic N) is 1. The molecule has 0 spiro atoms. The summed E-state index contributed by atoms with van der Waals surface area (Å²) in [6, 6.07) is 5.55. The molecular formula is C21H27NO4. The van der Waals surface area contributed by atoms with Crippen molar-refractivity contribution in [1.82, 2.24) is 5.16 Å². The minimum atomic E-state index is -0.958.